The number of rotatable bonds is 5. The number of carbonyl (C=O) groups is 1. The highest BCUT2D eigenvalue weighted by Gasteiger charge is 2.44. The van der Waals surface area contributed by atoms with Crippen LogP contribution in [0.3, 0.4) is 0 Å². The van der Waals surface area contributed by atoms with Crippen LogP contribution in [-0.4, -0.2) is 32.2 Å². The Morgan fingerprint density at radius 2 is 2.12 bits per heavy atom. The zero-order valence-electron chi connectivity index (χ0n) is 14.0. The van der Waals surface area contributed by atoms with Gasteiger partial charge < -0.3 is 19.4 Å². The van der Waals surface area contributed by atoms with Crippen molar-refractivity contribution in [1.29, 1.82) is 0 Å². The molecule has 1 saturated carbocycles. The van der Waals surface area contributed by atoms with Crippen molar-refractivity contribution in [2.24, 2.45) is 0 Å². The molecule has 1 aromatic carbocycles. The van der Waals surface area contributed by atoms with Crippen LogP contribution in [0.1, 0.15) is 32.6 Å². The molecule has 0 saturated heterocycles. The van der Waals surface area contributed by atoms with Crippen molar-refractivity contribution in [3.8, 4) is 11.5 Å². The Balaban J connectivity index is 1.36. The lowest BCUT2D eigenvalue weighted by molar-refractivity contribution is -0.113. The van der Waals surface area contributed by atoms with E-state index in [0.717, 1.165) is 43.1 Å². The SMILES string of the molecule is CCn1cnnc1SCC(=O)Nc1ccc2c(c1)OC1(CCCC1)O2. The number of hydrogen-bond acceptors (Lipinski definition) is 6. The van der Waals surface area contributed by atoms with Crippen molar-refractivity contribution in [2.75, 3.05) is 11.1 Å². The number of thioether (sulfide) groups is 1. The second kappa shape index (κ2) is 6.59. The Bertz CT molecular complexity index is 786. The van der Waals surface area contributed by atoms with Gasteiger partial charge >= 0.3 is 0 Å². The Morgan fingerprint density at radius 1 is 1.32 bits per heavy atom. The van der Waals surface area contributed by atoms with Crippen LogP contribution < -0.4 is 14.8 Å². The lowest BCUT2D eigenvalue weighted by atomic mass is 10.2. The molecule has 2 aliphatic rings. The van der Waals surface area contributed by atoms with Gasteiger partial charge in [0.1, 0.15) is 6.33 Å². The molecule has 0 unspecified atom stereocenters. The maximum Gasteiger partial charge on any atom is 0.251 e. The minimum Gasteiger partial charge on any atom is -0.448 e. The van der Waals surface area contributed by atoms with Gasteiger partial charge in [0.15, 0.2) is 16.7 Å². The molecule has 1 aromatic heterocycles. The Morgan fingerprint density at radius 3 is 2.92 bits per heavy atom. The fraction of sp³-hybridized carbons (Fsp3) is 0.471. The molecular weight excluding hydrogens is 340 g/mol. The second-order valence-electron chi connectivity index (χ2n) is 6.22. The number of aromatic nitrogens is 3. The smallest absolute Gasteiger partial charge is 0.251 e. The third-order valence-electron chi connectivity index (χ3n) is 4.44. The first-order chi connectivity index (χ1) is 12.2. The first-order valence-electron chi connectivity index (χ1n) is 8.50. The largest absolute Gasteiger partial charge is 0.448 e. The van der Waals surface area contributed by atoms with Gasteiger partial charge in [0.05, 0.1) is 5.75 Å². The van der Waals surface area contributed by atoms with Crippen LogP contribution in [0.2, 0.25) is 0 Å². The highest BCUT2D eigenvalue weighted by atomic mass is 32.2. The second-order valence-corrected chi connectivity index (χ2v) is 7.16. The van der Waals surface area contributed by atoms with E-state index in [1.54, 1.807) is 6.33 Å². The van der Waals surface area contributed by atoms with Gasteiger partial charge in [-0.15, -0.1) is 10.2 Å². The monoisotopic (exact) mass is 360 g/mol. The van der Waals surface area contributed by atoms with Crippen LogP contribution in [0.4, 0.5) is 5.69 Å². The standard InChI is InChI=1S/C17H20N4O3S/c1-2-21-11-18-20-16(21)25-10-15(22)19-12-5-6-13-14(9-12)24-17(23-13)7-3-4-8-17/h5-6,9,11H,2-4,7-8,10H2,1H3,(H,19,22). The maximum absolute atomic E-state index is 12.2. The van der Waals surface area contributed by atoms with Gasteiger partial charge in [0, 0.05) is 31.1 Å². The molecule has 4 rings (SSSR count). The van der Waals surface area contributed by atoms with Crippen molar-refractivity contribution < 1.29 is 14.3 Å². The molecule has 25 heavy (non-hydrogen) atoms. The van der Waals surface area contributed by atoms with Gasteiger partial charge in [-0.2, -0.15) is 0 Å². The first-order valence-corrected chi connectivity index (χ1v) is 9.48. The maximum atomic E-state index is 12.2. The molecule has 7 nitrogen and oxygen atoms in total. The molecule has 1 N–H and O–H groups in total. The fourth-order valence-electron chi connectivity index (χ4n) is 3.19. The lowest BCUT2D eigenvalue weighted by Crippen LogP contribution is -2.34. The van der Waals surface area contributed by atoms with Gasteiger partial charge in [-0.05, 0) is 31.9 Å². The normalized spacial score (nSPS) is 17.2. The first kappa shape index (κ1) is 16.3. The molecular formula is C17H20N4O3S. The topological polar surface area (TPSA) is 78.3 Å². The van der Waals surface area contributed by atoms with Crippen LogP contribution in [0, 0.1) is 0 Å². The zero-order chi connectivity index (χ0) is 17.3. The number of nitrogens with zero attached hydrogens (tertiary/aromatic N) is 3. The summed E-state index contributed by atoms with van der Waals surface area (Å²) in [6.07, 6.45) is 5.74. The zero-order valence-corrected chi connectivity index (χ0v) is 14.8. The minimum atomic E-state index is -0.481. The summed E-state index contributed by atoms with van der Waals surface area (Å²) in [5, 5.41) is 11.5. The number of carbonyl (C=O) groups excluding carboxylic acids is 1. The van der Waals surface area contributed by atoms with Crippen molar-refractivity contribution in [3.05, 3.63) is 24.5 Å². The summed E-state index contributed by atoms with van der Waals surface area (Å²) in [4.78, 5) is 12.2. The van der Waals surface area contributed by atoms with E-state index in [1.807, 2.05) is 29.7 Å². The number of hydrogen-bond donors (Lipinski definition) is 1. The number of anilines is 1. The number of aryl methyl sites for hydroxylation is 1. The highest BCUT2D eigenvalue weighted by molar-refractivity contribution is 7.99. The van der Waals surface area contributed by atoms with E-state index in [4.69, 9.17) is 9.47 Å². The Kier molecular flexibility index (Phi) is 4.29. The fourth-order valence-corrected chi connectivity index (χ4v) is 3.97. The quantitative estimate of drug-likeness (QED) is 0.826. The molecule has 2 heterocycles. The number of fused-ring (bicyclic) bond motifs is 1. The average molecular weight is 360 g/mol. The number of ether oxygens (including phenoxy) is 2. The summed E-state index contributed by atoms with van der Waals surface area (Å²) in [5.41, 5.74) is 0.708. The summed E-state index contributed by atoms with van der Waals surface area (Å²) >= 11 is 1.37. The van der Waals surface area contributed by atoms with Crippen LogP contribution in [0.15, 0.2) is 29.7 Å². The molecule has 132 valence electrons. The van der Waals surface area contributed by atoms with Crippen molar-refractivity contribution in [1.82, 2.24) is 14.8 Å². The van der Waals surface area contributed by atoms with Gasteiger partial charge in [0.25, 0.3) is 5.79 Å². The van der Waals surface area contributed by atoms with Gasteiger partial charge in [-0.1, -0.05) is 11.8 Å². The third-order valence-corrected chi connectivity index (χ3v) is 5.42. The van der Waals surface area contributed by atoms with E-state index >= 15 is 0 Å². The summed E-state index contributed by atoms with van der Waals surface area (Å²) < 4.78 is 13.9. The van der Waals surface area contributed by atoms with Crippen LogP contribution in [0.5, 0.6) is 11.5 Å². The summed E-state index contributed by atoms with van der Waals surface area (Å²) in [7, 11) is 0. The Labute approximate surface area is 150 Å². The number of nitrogens with one attached hydrogen (secondary N) is 1. The van der Waals surface area contributed by atoms with Crippen LogP contribution in [-0.2, 0) is 11.3 Å². The summed E-state index contributed by atoms with van der Waals surface area (Å²) in [5.74, 6) is 1.16. The average Bonchev–Trinajstić information content (AvgIpc) is 3.32. The molecule has 1 amide bonds. The molecule has 8 heteroatoms. The van der Waals surface area contributed by atoms with Gasteiger partial charge in [-0.3, -0.25) is 4.79 Å². The van der Waals surface area contributed by atoms with E-state index in [-0.39, 0.29) is 11.7 Å². The molecule has 2 aromatic rings. The molecule has 1 aliphatic carbocycles. The van der Waals surface area contributed by atoms with Crippen LogP contribution in [0.25, 0.3) is 0 Å². The van der Waals surface area contributed by atoms with E-state index in [0.29, 0.717) is 11.4 Å². The predicted octanol–water partition coefficient (Wildman–Crippen LogP) is 3.07. The van der Waals surface area contributed by atoms with E-state index in [2.05, 4.69) is 15.5 Å². The van der Waals surface area contributed by atoms with Crippen molar-refractivity contribution in [2.45, 2.75) is 50.1 Å². The number of benzene rings is 1. The van der Waals surface area contributed by atoms with E-state index in [9.17, 15) is 4.79 Å². The molecule has 1 spiro atoms. The van der Waals surface area contributed by atoms with Gasteiger partial charge in [0.2, 0.25) is 5.91 Å². The summed E-state index contributed by atoms with van der Waals surface area (Å²) in [6, 6.07) is 5.53. The van der Waals surface area contributed by atoms with Crippen LogP contribution >= 0.6 is 11.8 Å². The van der Waals surface area contributed by atoms with E-state index < -0.39 is 5.79 Å². The molecule has 0 atom stereocenters. The van der Waals surface area contributed by atoms with Gasteiger partial charge in [-0.25, -0.2) is 0 Å². The lowest BCUT2D eigenvalue weighted by Gasteiger charge is -2.21. The molecule has 0 bridgehead atoms. The molecule has 0 radical (unpaired) electrons. The van der Waals surface area contributed by atoms with Crippen molar-refractivity contribution in [3.63, 3.8) is 0 Å². The predicted molar refractivity (Wildman–Crippen MR) is 93.9 cm³/mol. The minimum absolute atomic E-state index is 0.0925. The third kappa shape index (κ3) is 3.30. The number of amides is 1. The molecule has 1 aliphatic heterocycles. The molecule has 1 fully saturated rings. The van der Waals surface area contributed by atoms with E-state index in [1.165, 1.54) is 11.8 Å². The van der Waals surface area contributed by atoms with Crippen molar-refractivity contribution >= 4 is 23.4 Å². The summed E-state index contributed by atoms with van der Waals surface area (Å²) in [6.45, 7) is 2.79. The Hall–Kier alpha value is -2.22. The highest BCUT2D eigenvalue weighted by Crippen LogP contribution is 2.47.